The molecule has 168 valence electrons. The van der Waals surface area contributed by atoms with Gasteiger partial charge >= 0.3 is 11.9 Å². The van der Waals surface area contributed by atoms with Crippen LogP contribution in [0, 0.1) is 0 Å². The minimum atomic E-state index is -0.848. The first-order valence-corrected chi connectivity index (χ1v) is 11.2. The Morgan fingerprint density at radius 2 is 1.65 bits per heavy atom. The van der Waals surface area contributed by atoms with E-state index in [-0.39, 0.29) is 6.42 Å². The fourth-order valence-electron chi connectivity index (χ4n) is 2.85. The normalized spacial score (nSPS) is 12.9. The third kappa shape index (κ3) is 14.7. The Morgan fingerprint density at radius 3 is 2.35 bits per heavy atom. The van der Waals surface area contributed by atoms with Crippen molar-refractivity contribution in [3.63, 3.8) is 0 Å². The van der Waals surface area contributed by atoms with E-state index in [1.807, 2.05) is 30.4 Å². The maximum Gasteiger partial charge on any atom is 0.338 e. The van der Waals surface area contributed by atoms with Crippen LogP contribution in [0.4, 0.5) is 0 Å². The molecule has 1 atom stereocenters. The van der Waals surface area contributed by atoms with Crippen LogP contribution >= 0.6 is 0 Å². The van der Waals surface area contributed by atoms with Crippen LogP contribution in [0.5, 0.6) is 0 Å². The highest BCUT2D eigenvalue weighted by atomic mass is 16.5. The van der Waals surface area contributed by atoms with Gasteiger partial charge < -0.3 is 9.84 Å². The van der Waals surface area contributed by atoms with Crippen molar-refractivity contribution in [2.24, 2.45) is 0 Å². The Bertz CT molecular complexity index is 729. The average molecular weight is 425 g/mol. The first-order chi connectivity index (χ1) is 15.1. The van der Waals surface area contributed by atoms with Crippen molar-refractivity contribution in [2.45, 2.75) is 70.8 Å². The number of ether oxygens (including phenoxy) is 1. The van der Waals surface area contributed by atoms with Gasteiger partial charge in [0.15, 0.2) is 0 Å². The molecule has 1 unspecified atom stereocenters. The molecule has 0 aromatic heterocycles. The van der Waals surface area contributed by atoms with Crippen molar-refractivity contribution in [1.29, 1.82) is 0 Å². The topological polar surface area (TPSA) is 63.6 Å². The van der Waals surface area contributed by atoms with Gasteiger partial charge in [0.05, 0.1) is 5.56 Å². The van der Waals surface area contributed by atoms with E-state index in [1.165, 1.54) is 19.3 Å². The van der Waals surface area contributed by atoms with E-state index in [0.29, 0.717) is 18.4 Å². The van der Waals surface area contributed by atoms with Crippen LogP contribution in [-0.4, -0.2) is 23.1 Å². The Balaban J connectivity index is 2.42. The molecule has 0 bridgehead atoms. The summed E-state index contributed by atoms with van der Waals surface area (Å²) in [5, 5.41) is 8.84. The Labute approximate surface area is 187 Å². The van der Waals surface area contributed by atoms with Gasteiger partial charge in [0.25, 0.3) is 0 Å². The van der Waals surface area contributed by atoms with Gasteiger partial charge in [0.2, 0.25) is 0 Å². The number of aliphatic carboxylic acids is 1. The van der Waals surface area contributed by atoms with Crippen LogP contribution in [0.25, 0.3) is 0 Å². The van der Waals surface area contributed by atoms with Crippen molar-refractivity contribution in [3.05, 3.63) is 84.5 Å². The number of allylic oxidation sites excluding steroid dienone is 7. The molecule has 0 radical (unpaired) electrons. The molecule has 0 amide bonds. The second kappa shape index (κ2) is 17.9. The lowest BCUT2D eigenvalue weighted by Crippen LogP contribution is -2.16. The zero-order valence-corrected chi connectivity index (χ0v) is 18.6. The standard InChI is InChI=1S/C27H36O4/c1-2-3-4-5-6-7-8-9-10-11-12-13-17-21-25(22-18-23-26(28)29)31-27(30)24-19-15-14-16-20-24/h6-7,9-10,12-17,19-21,25H,2-5,8,11,18,22-23H2,1H3,(H,28,29)/b7-6-,10-9-,13-12-,21-17+. The van der Waals surface area contributed by atoms with Gasteiger partial charge in [0.1, 0.15) is 6.10 Å². The molecule has 31 heavy (non-hydrogen) atoms. The largest absolute Gasteiger partial charge is 0.481 e. The molecule has 0 aliphatic heterocycles. The fraction of sp³-hybridized carbons (Fsp3) is 0.407. The first kappa shape index (κ1) is 26.2. The third-order valence-electron chi connectivity index (χ3n) is 4.57. The molecule has 0 aliphatic rings. The number of carboxylic acids is 1. The van der Waals surface area contributed by atoms with E-state index in [0.717, 1.165) is 19.3 Å². The lowest BCUT2D eigenvalue weighted by Gasteiger charge is -2.14. The number of carbonyl (C=O) groups excluding carboxylic acids is 1. The second-order valence-electron chi connectivity index (χ2n) is 7.32. The minimum Gasteiger partial charge on any atom is -0.481 e. The van der Waals surface area contributed by atoms with Gasteiger partial charge in [0, 0.05) is 6.42 Å². The van der Waals surface area contributed by atoms with Gasteiger partial charge in [-0.1, -0.05) is 80.5 Å². The predicted octanol–water partition coefficient (Wildman–Crippen LogP) is 7.05. The number of esters is 1. The number of benzene rings is 1. The summed E-state index contributed by atoms with van der Waals surface area (Å²) in [6.45, 7) is 2.21. The number of rotatable bonds is 16. The summed E-state index contributed by atoms with van der Waals surface area (Å²) < 4.78 is 5.55. The van der Waals surface area contributed by atoms with Crippen LogP contribution in [-0.2, 0) is 9.53 Å². The van der Waals surface area contributed by atoms with Crippen molar-refractivity contribution >= 4 is 11.9 Å². The average Bonchev–Trinajstić information content (AvgIpc) is 2.77. The third-order valence-corrected chi connectivity index (χ3v) is 4.57. The summed E-state index contributed by atoms with van der Waals surface area (Å²) in [7, 11) is 0. The molecular weight excluding hydrogens is 388 g/mol. The Kier molecular flexibility index (Phi) is 15.1. The molecular formula is C27H36O4. The highest BCUT2D eigenvalue weighted by molar-refractivity contribution is 5.89. The highest BCUT2D eigenvalue weighted by Crippen LogP contribution is 2.11. The molecule has 0 aliphatic carbocycles. The van der Waals surface area contributed by atoms with E-state index in [9.17, 15) is 9.59 Å². The summed E-state index contributed by atoms with van der Waals surface area (Å²) in [6.07, 6.45) is 23.6. The number of unbranched alkanes of at least 4 members (excludes halogenated alkanes) is 3. The first-order valence-electron chi connectivity index (χ1n) is 11.2. The Hall–Kier alpha value is -2.88. The van der Waals surface area contributed by atoms with Gasteiger partial charge in [-0.2, -0.15) is 0 Å². The van der Waals surface area contributed by atoms with E-state index in [4.69, 9.17) is 9.84 Å². The van der Waals surface area contributed by atoms with Gasteiger partial charge in [-0.25, -0.2) is 4.79 Å². The quantitative estimate of drug-likeness (QED) is 0.134. The molecule has 1 N–H and O–H groups in total. The minimum absolute atomic E-state index is 0.0565. The van der Waals surface area contributed by atoms with Crippen molar-refractivity contribution in [1.82, 2.24) is 0 Å². The van der Waals surface area contributed by atoms with Gasteiger partial charge in [-0.05, 0) is 56.7 Å². The van der Waals surface area contributed by atoms with E-state index in [2.05, 4.69) is 31.2 Å². The summed E-state index contributed by atoms with van der Waals surface area (Å²) in [5.74, 6) is -1.25. The second-order valence-corrected chi connectivity index (χ2v) is 7.32. The van der Waals surface area contributed by atoms with E-state index in [1.54, 1.807) is 24.3 Å². The van der Waals surface area contributed by atoms with Crippen molar-refractivity contribution in [2.75, 3.05) is 0 Å². The number of carbonyl (C=O) groups is 2. The lowest BCUT2D eigenvalue weighted by atomic mass is 10.1. The maximum atomic E-state index is 12.3. The van der Waals surface area contributed by atoms with Crippen LogP contribution in [0.1, 0.15) is 75.1 Å². The van der Waals surface area contributed by atoms with Crippen LogP contribution < -0.4 is 0 Å². The number of carboxylic acid groups (broad SMARTS) is 1. The smallest absolute Gasteiger partial charge is 0.338 e. The SMILES string of the molecule is CCCCC/C=C\C/C=C\C/C=C\C=C\C(CCCC(=O)O)OC(=O)c1ccccc1. The highest BCUT2D eigenvalue weighted by Gasteiger charge is 2.13. The number of hydrogen-bond acceptors (Lipinski definition) is 3. The van der Waals surface area contributed by atoms with Crippen LogP contribution in [0.2, 0.25) is 0 Å². The molecule has 0 heterocycles. The summed E-state index contributed by atoms with van der Waals surface area (Å²) >= 11 is 0. The molecule has 0 saturated heterocycles. The van der Waals surface area contributed by atoms with Crippen LogP contribution in [0.3, 0.4) is 0 Å². The van der Waals surface area contributed by atoms with Crippen molar-refractivity contribution < 1.29 is 19.4 Å². The zero-order valence-electron chi connectivity index (χ0n) is 18.6. The lowest BCUT2D eigenvalue weighted by molar-refractivity contribution is -0.137. The van der Waals surface area contributed by atoms with Crippen LogP contribution in [0.15, 0.2) is 78.9 Å². The maximum absolute atomic E-state index is 12.3. The van der Waals surface area contributed by atoms with E-state index < -0.39 is 18.0 Å². The molecule has 0 fully saturated rings. The molecule has 1 aromatic carbocycles. The summed E-state index contributed by atoms with van der Waals surface area (Å²) in [5.41, 5.74) is 0.485. The fourth-order valence-corrected chi connectivity index (χ4v) is 2.85. The van der Waals surface area contributed by atoms with Gasteiger partial charge in [-0.15, -0.1) is 0 Å². The number of hydrogen-bond donors (Lipinski definition) is 1. The molecule has 1 aromatic rings. The molecule has 0 spiro atoms. The Morgan fingerprint density at radius 1 is 0.935 bits per heavy atom. The van der Waals surface area contributed by atoms with Crippen molar-refractivity contribution in [3.8, 4) is 0 Å². The monoisotopic (exact) mass is 424 g/mol. The zero-order chi connectivity index (χ0) is 22.6. The summed E-state index contributed by atoms with van der Waals surface area (Å²) in [6, 6.07) is 8.80. The predicted molar refractivity (Wildman–Crippen MR) is 127 cm³/mol. The molecule has 0 saturated carbocycles. The summed E-state index contributed by atoms with van der Waals surface area (Å²) in [4.78, 5) is 23.0. The molecule has 4 nitrogen and oxygen atoms in total. The van der Waals surface area contributed by atoms with Gasteiger partial charge in [-0.3, -0.25) is 4.79 Å². The van der Waals surface area contributed by atoms with E-state index >= 15 is 0 Å². The molecule has 4 heteroatoms. The molecule has 1 rings (SSSR count).